The molecule has 10 heteroatoms. The number of carbonyl (C=O) groups is 1. The number of hydrogen-bond donors (Lipinski definition) is 2. The summed E-state index contributed by atoms with van der Waals surface area (Å²) in [5.74, 6) is 0.699. The van der Waals surface area contributed by atoms with Crippen LogP contribution in [0.4, 0.5) is 11.5 Å². The molecule has 0 spiro atoms. The van der Waals surface area contributed by atoms with Crippen molar-refractivity contribution in [2.45, 2.75) is 19.4 Å². The average Bonchev–Trinajstić information content (AvgIpc) is 2.95. The van der Waals surface area contributed by atoms with E-state index in [0.717, 1.165) is 13.0 Å². The molecule has 1 fully saturated rings. The Morgan fingerprint density at radius 2 is 2.21 bits per heavy atom. The van der Waals surface area contributed by atoms with Crippen molar-refractivity contribution in [2.24, 2.45) is 5.92 Å². The molecule has 0 aromatic carbocycles. The predicted molar refractivity (Wildman–Crippen MR) is 97.1 cm³/mol. The summed E-state index contributed by atoms with van der Waals surface area (Å²) in [6.45, 7) is 3.93. The summed E-state index contributed by atoms with van der Waals surface area (Å²) in [6, 6.07) is 3.13. The Hall–Kier alpha value is -1.64. The van der Waals surface area contributed by atoms with Crippen molar-refractivity contribution in [1.82, 2.24) is 15.2 Å². The zero-order valence-corrected chi connectivity index (χ0v) is 15.2. The number of aromatic nitrogens is 1. The quantitative estimate of drug-likeness (QED) is 0.576. The van der Waals surface area contributed by atoms with E-state index in [-0.39, 0.29) is 48.4 Å². The Kier molecular flexibility index (Phi) is 9.57. The van der Waals surface area contributed by atoms with Gasteiger partial charge in [-0.05, 0) is 19.5 Å². The molecular weight excluding hydrogens is 357 g/mol. The van der Waals surface area contributed by atoms with Gasteiger partial charge >= 0.3 is 0 Å². The second kappa shape index (κ2) is 10.3. The van der Waals surface area contributed by atoms with E-state index in [0.29, 0.717) is 18.9 Å². The minimum absolute atomic E-state index is 0. The standard InChI is InChI=1S/C14H21N5O3.2ClH/c1-10(7-15-2)14(20)18-6-5-11(9-18)17-13-4-3-12(8-16-13)19(21)22;;/h3-4,8,10-11,15H,5-7,9H2,1-2H3,(H,16,17);2*1H. The van der Waals surface area contributed by atoms with Gasteiger partial charge in [0, 0.05) is 37.7 Å². The van der Waals surface area contributed by atoms with Crippen LogP contribution in [0.1, 0.15) is 13.3 Å². The molecule has 1 saturated heterocycles. The average molecular weight is 380 g/mol. The Balaban J connectivity index is 0.00000264. The van der Waals surface area contributed by atoms with Crippen molar-refractivity contribution in [3.8, 4) is 0 Å². The number of rotatable bonds is 6. The molecule has 1 amide bonds. The fourth-order valence-corrected chi connectivity index (χ4v) is 2.57. The van der Waals surface area contributed by atoms with Gasteiger partial charge in [0.2, 0.25) is 5.91 Å². The molecule has 2 heterocycles. The maximum absolute atomic E-state index is 12.2. The predicted octanol–water partition coefficient (Wildman–Crippen LogP) is 1.70. The van der Waals surface area contributed by atoms with E-state index < -0.39 is 4.92 Å². The Morgan fingerprint density at radius 3 is 2.75 bits per heavy atom. The number of likely N-dealkylation sites (tertiary alicyclic amines) is 1. The van der Waals surface area contributed by atoms with Gasteiger partial charge in [0.25, 0.3) is 5.69 Å². The van der Waals surface area contributed by atoms with Gasteiger partial charge in [0.1, 0.15) is 12.0 Å². The molecule has 1 aromatic heterocycles. The van der Waals surface area contributed by atoms with Crippen LogP contribution in [0.5, 0.6) is 0 Å². The van der Waals surface area contributed by atoms with Crippen molar-refractivity contribution in [1.29, 1.82) is 0 Å². The largest absolute Gasteiger partial charge is 0.365 e. The Morgan fingerprint density at radius 1 is 1.50 bits per heavy atom. The zero-order valence-electron chi connectivity index (χ0n) is 13.6. The monoisotopic (exact) mass is 379 g/mol. The van der Waals surface area contributed by atoms with E-state index in [9.17, 15) is 14.9 Å². The van der Waals surface area contributed by atoms with Gasteiger partial charge in [-0.2, -0.15) is 0 Å². The third kappa shape index (κ3) is 5.77. The summed E-state index contributed by atoms with van der Waals surface area (Å²) in [5.41, 5.74) is -0.0327. The maximum atomic E-state index is 12.2. The molecule has 0 bridgehead atoms. The molecule has 0 aliphatic carbocycles. The first-order valence-corrected chi connectivity index (χ1v) is 7.31. The van der Waals surface area contributed by atoms with Crippen LogP contribution in [0.25, 0.3) is 0 Å². The minimum atomic E-state index is -0.476. The fraction of sp³-hybridized carbons (Fsp3) is 0.571. The Labute approximate surface area is 153 Å². The lowest BCUT2D eigenvalue weighted by atomic mass is 10.1. The third-order valence-electron chi connectivity index (χ3n) is 3.74. The van der Waals surface area contributed by atoms with Crippen molar-refractivity contribution in [3.63, 3.8) is 0 Å². The second-order valence-corrected chi connectivity index (χ2v) is 5.53. The number of amides is 1. The fourth-order valence-electron chi connectivity index (χ4n) is 2.57. The number of anilines is 1. The van der Waals surface area contributed by atoms with Crippen LogP contribution < -0.4 is 10.6 Å². The molecule has 1 aromatic rings. The zero-order chi connectivity index (χ0) is 16.1. The highest BCUT2D eigenvalue weighted by Crippen LogP contribution is 2.18. The molecule has 2 atom stereocenters. The molecule has 0 radical (unpaired) electrons. The van der Waals surface area contributed by atoms with E-state index in [1.165, 1.54) is 12.3 Å². The molecule has 2 N–H and O–H groups in total. The first-order valence-electron chi connectivity index (χ1n) is 7.31. The van der Waals surface area contributed by atoms with Gasteiger partial charge in [-0.3, -0.25) is 14.9 Å². The lowest BCUT2D eigenvalue weighted by molar-refractivity contribution is -0.385. The van der Waals surface area contributed by atoms with Crippen LogP contribution in [0, 0.1) is 16.0 Å². The topological polar surface area (TPSA) is 100 Å². The third-order valence-corrected chi connectivity index (χ3v) is 3.74. The van der Waals surface area contributed by atoms with Crippen LogP contribution in [0.2, 0.25) is 0 Å². The van der Waals surface area contributed by atoms with Crippen molar-refractivity contribution >= 4 is 42.2 Å². The maximum Gasteiger partial charge on any atom is 0.287 e. The SMILES string of the molecule is CNCC(C)C(=O)N1CCC(Nc2ccc([N+](=O)[O-])cn2)C1.Cl.Cl. The van der Waals surface area contributed by atoms with Gasteiger partial charge in [-0.15, -0.1) is 24.8 Å². The smallest absolute Gasteiger partial charge is 0.287 e. The van der Waals surface area contributed by atoms with Crippen molar-refractivity contribution < 1.29 is 9.72 Å². The number of nitro groups is 1. The van der Waals surface area contributed by atoms with Crippen LogP contribution in [0.3, 0.4) is 0 Å². The van der Waals surface area contributed by atoms with Gasteiger partial charge in [0.15, 0.2) is 0 Å². The van der Waals surface area contributed by atoms with Crippen molar-refractivity contribution in [3.05, 3.63) is 28.4 Å². The lowest BCUT2D eigenvalue weighted by Crippen LogP contribution is -2.38. The van der Waals surface area contributed by atoms with Crippen molar-refractivity contribution in [2.75, 3.05) is 32.0 Å². The summed E-state index contributed by atoms with van der Waals surface area (Å²) in [7, 11) is 1.83. The number of carbonyl (C=O) groups excluding carboxylic acids is 1. The highest BCUT2D eigenvalue weighted by molar-refractivity contribution is 5.85. The van der Waals surface area contributed by atoms with E-state index in [1.54, 1.807) is 6.07 Å². The minimum Gasteiger partial charge on any atom is -0.365 e. The molecule has 136 valence electrons. The van der Waals surface area contributed by atoms with Gasteiger partial charge in [0.05, 0.1) is 4.92 Å². The number of pyridine rings is 1. The van der Waals surface area contributed by atoms with E-state index >= 15 is 0 Å². The van der Waals surface area contributed by atoms with E-state index in [2.05, 4.69) is 15.6 Å². The lowest BCUT2D eigenvalue weighted by Gasteiger charge is -2.21. The molecule has 2 rings (SSSR count). The molecule has 1 aliphatic heterocycles. The summed E-state index contributed by atoms with van der Waals surface area (Å²) < 4.78 is 0. The highest BCUT2D eigenvalue weighted by Gasteiger charge is 2.28. The first-order chi connectivity index (χ1) is 10.5. The Bertz CT molecular complexity index is 544. The van der Waals surface area contributed by atoms with Crippen LogP contribution in [-0.2, 0) is 4.79 Å². The molecular formula is C14H23Cl2N5O3. The van der Waals surface area contributed by atoms with Crippen LogP contribution >= 0.6 is 24.8 Å². The van der Waals surface area contributed by atoms with E-state index in [1.807, 2.05) is 18.9 Å². The summed E-state index contributed by atoms with van der Waals surface area (Å²) >= 11 is 0. The molecule has 1 aliphatic rings. The van der Waals surface area contributed by atoms with Crippen LogP contribution in [-0.4, -0.2) is 53.4 Å². The summed E-state index contributed by atoms with van der Waals surface area (Å²) in [4.78, 5) is 28.2. The number of halogens is 2. The molecule has 8 nitrogen and oxygen atoms in total. The van der Waals surface area contributed by atoms with E-state index in [4.69, 9.17) is 0 Å². The normalized spacial score (nSPS) is 17.4. The number of hydrogen-bond acceptors (Lipinski definition) is 6. The molecule has 24 heavy (non-hydrogen) atoms. The van der Waals surface area contributed by atoms with Gasteiger partial charge in [-0.25, -0.2) is 4.98 Å². The first kappa shape index (κ1) is 22.4. The van der Waals surface area contributed by atoms with Crippen LogP contribution in [0.15, 0.2) is 18.3 Å². The molecule has 2 unspecified atom stereocenters. The summed E-state index contributed by atoms with van der Waals surface area (Å²) in [6.07, 6.45) is 2.08. The van der Waals surface area contributed by atoms with Gasteiger partial charge in [-0.1, -0.05) is 6.92 Å². The second-order valence-electron chi connectivity index (χ2n) is 5.53. The number of nitrogens with zero attached hydrogens (tertiary/aromatic N) is 3. The van der Waals surface area contributed by atoms with Gasteiger partial charge < -0.3 is 15.5 Å². The number of nitrogens with one attached hydrogen (secondary N) is 2. The summed E-state index contributed by atoms with van der Waals surface area (Å²) in [5, 5.41) is 16.8. The molecule has 0 saturated carbocycles. The highest BCUT2D eigenvalue weighted by atomic mass is 35.5.